The van der Waals surface area contributed by atoms with Crippen LogP contribution in [-0.2, 0) is 4.74 Å². The predicted molar refractivity (Wildman–Crippen MR) is 64.3 cm³/mol. The number of nitrogens with zero attached hydrogens (tertiary/aromatic N) is 1. The SMILES string of the molecule is COCOc1cc2ccc(Cl)nc2cc1Cl. The van der Waals surface area contributed by atoms with E-state index in [1.165, 1.54) is 0 Å². The smallest absolute Gasteiger partial charge is 0.188 e. The summed E-state index contributed by atoms with van der Waals surface area (Å²) < 4.78 is 10.1. The monoisotopic (exact) mass is 257 g/mol. The van der Waals surface area contributed by atoms with Gasteiger partial charge in [-0.1, -0.05) is 23.2 Å². The van der Waals surface area contributed by atoms with Crippen molar-refractivity contribution in [2.75, 3.05) is 13.9 Å². The Morgan fingerprint density at radius 3 is 2.81 bits per heavy atom. The van der Waals surface area contributed by atoms with Gasteiger partial charge in [-0.2, -0.15) is 0 Å². The Morgan fingerprint density at radius 1 is 1.25 bits per heavy atom. The van der Waals surface area contributed by atoms with Crippen LogP contribution in [0.2, 0.25) is 10.2 Å². The largest absolute Gasteiger partial charge is 0.466 e. The van der Waals surface area contributed by atoms with Gasteiger partial charge < -0.3 is 9.47 Å². The Hall–Kier alpha value is -1.03. The summed E-state index contributed by atoms with van der Waals surface area (Å²) in [7, 11) is 1.55. The summed E-state index contributed by atoms with van der Waals surface area (Å²) in [6.45, 7) is 0.159. The molecule has 1 aromatic heterocycles. The zero-order chi connectivity index (χ0) is 11.5. The van der Waals surface area contributed by atoms with Gasteiger partial charge in [0.25, 0.3) is 0 Å². The molecule has 16 heavy (non-hydrogen) atoms. The third-order valence-corrected chi connectivity index (χ3v) is 2.55. The first-order valence-corrected chi connectivity index (χ1v) is 5.34. The van der Waals surface area contributed by atoms with Gasteiger partial charge in [0.1, 0.15) is 10.9 Å². The van der Waals surface area contributed by atoms with Crippen molar-refractivity contribution >= 4 is 34.1 Å². The van der Waals surface area contributed by atoms with Crippen LogP contribution in [-0.4, -0.2) is 18.9 Å². The molecule has 1 aromatic carbocycles. The van der Waals surface area contributed by atoms with Crippen LogP contribution in [0.15, 0.2) is 24.3 Å². The molecule has 84 valence electrons. The molecule has 0 amide bonds. The van der Waals surface area contributed by atoms with Gasteiger partial charge in [-0.05, 0) is 24.3 Å². The molecule has 0 saturated carbocycles. The number of fused-ring (bicyclic) bond motifs is 1. The lowest BCUT2D eigenvalue weighted by atomic mass is 10.2. The molecule has 0 atom stereocenters. The van der Waals surface area contributed by atoms with Gasteiger partial charge in [0.05, 0.1) is 10.5 Å². The van der Waals surface area contributed by atoms with E-state index < -0.39 is 0 Å². The maximum absolute atomic E-state index is 6.03. The lowest BCUT2D eigenvalue weighted by molar-refractivity contribution is 0.0513. The zero-order valence-corrected chi connectivity index (χ0v) is 10.0. The Kier molecular flexibility index (Phi) is 3.49. The molecular formula is C11H9Cl2NO2. The minimum atomic E-state index is 0.159. The molecule has 2 aromatic rings. The van der Waals surface area contributed by atoms with Crippen LogP contribution in [0.3, 0.4) is 0 Å². The fourth-order valence-electron chi connectivity index (χ4n) is 1.33. The number of hydrogen-bond donors (Lipinski definition) is 0. The number of halogens is 2. The first-order chi connectivity index (χ1) is 7.70. The summed E-state index contributed by atoms with van der Waals surface area (Å²) >= 11 is 11.8. The Bertz CT molecular complexity index is 517. The molecule has 0 saturated heterocycles. The lowest BCUT2D eigenvalue weighted by Gasteiger charge is -2.08. The van der Waals surface area contributed by atoms with Crippen LogP contribution in [0.1, 0.15) is 0 Å². The normalized spacial score (nSPS) is 10.7. The highest BCUT2D eigenvalue weighted by Crippen LogP contribution is 2.29. The number of hydrogen-bond acceptors (Lipinski definition) is 3. The molecule has 1 heterocycles. The molecule has 2 rings (SSSR count). The standard InChI is InChI=1S/C11H9Cl2NO2/c1-15-6-16-10-4-7-2-3-11(13)14-9(7)5-8(10)12/h2-5H,6H2,1H3. The highest BCUT2D eigenvalue weighted by molar-refractivity contribution is 6.33. The Balaban J connectivity index is 2.45. The van der Waals surface area contributed by atoms with E-state index in [0.29, 0.717) is 15.9 Å². The first kappa shape index (κ1) is 11.5. The maximum atomic E-state index is 6.03. The summed E-state index contributed by atoms with van der Waals surface area (Å²) in [5.41, 5.74) is 0.738. The Morgan fingerprint density at radius 2 is 2.06 bits per heavy atom. The molecule has 0 aliphatic rings. The van der Waals surface area contributed by atoms with Gasteiger partial charge in [0, 0.05) is 12.5 Å². The second kappa shape index (κ2) is 4.87. The van der Waals surface area contributed by atoms with E-state index in [-0.39, 0.29) is 6.79 Å². The average Bonchev–Trinajstić information content (AvgIpc) is 2.26. The lowest BCUT2D eigenvalue weighted by Crippen LogP contribution is -1.99. The molecule has 0 radical (unpaired) electrons. The van der Waals surface area contributed by atoms with E-state index in [0.717, 1.165) is 10.9 Å². The number of pyridine rings is 1. The summed E-state index contributed by atoms with van der Waals surface area (Å²) in [5.74, 6) is 0.570. The van der Waals surface area contributed by atoms with Gasteiger partial charge >= 0.3 is 0 Å². The van der Waals surface area contributed by atoms with E-state index in [4.69, 9.17) is 32.7 Å². The minimum Gasteiger partial charge on any atom is -0.466 e. The predicted octanol–water partition coefficient (Wildman–Crippen LogP) is 3.52. The fourth-order valence-corrected chi connectivity index (χ4v) is 1.70. The van der Waals surface area contributed by atoms with E-state index in [1.54, 1.807) is 25.3 Å². The van der Waals surface area contributed by atoms with E-state index in [9.17, 15) is 0 Å². The molecule has 0 aliphatic carbocycles. The summed E-state index contributed by atoms with van der Waals surface area (Å²) in [5, 5.41) is 1.84. The van der Waals surface area contributed by atoms with Gasteiger partial charge in [0.15, 0.2) is 6.79 Å². The molecular weight excluding hydrogens is 249 g/mol. The third kappa shape index (κ3) is 2.38. The molecule has 0 fully saturated rings. The number of aromatic nitrogens is 1. The number of rotatable bonds is 3. The molecule has 0 N–H and O–H groups in total. The van der Waals surface area contributed by atoms with Crippen molar-refractivity contribution in [3.05, 3.63) is 34.4 Å². The van der Waals surface area contributed by atoms with E-state index in [1.807, 2.05) is 6.07 Å². The minimum absolute atomic E-state index is 0.159. The van der Waals surface area contributed by atoms with E-state index >= 15 is 0 Å². The van der Waals surface area contributed by atoms with Crippen LogP contribution in [0.25, 0.3) is 10.9 Å². The van der Waals surface area contributed by atoms with Crippen molar-refractivity contribution in [3.8, 4) is 5.75 Å². The number of ether oxygens (including phenoxy) is 2. The summed E-state index contributed by atoms with van der Waals surface area (Å²) in [6, 6.07) is 7.10. The van der Waals surface area contributed by atoms with Crippen molar-refractivity contribution in [2.45, 2.75) is 0 Å². The van der Waals surface area contributed by atoms with Crippen molar-refractivity contribution in [1.82, 2.24) is 4.98 Å². The zero-order valence-electron chi connectivity index (χ0n) is 8.54. The van der Waals surface area contributed by atoms with Crippen LogP contribution in [0, 0.1) is 0 Å². The molecule has 5 heteroatoms. The van der Waals surface area contributed by atoms with Crippen molar-refractivity contribution in [1.29, 1.82) is 0 Å². The molecule has 0 bridgehead atoms. The Labute approximate surface area is 103 Å². The molecule has 3 nitrogen and oxygen atoms in total. The molecule has 0 unspecified atom stereocenters. The van der Waals surface area contributed by atoms with Crippen molar-refractivity contribution in [2.24, 2.45) is 0 Å². The average molecular weight is 258 g/mol. The topological polar surface area (TPSA) is 31.4 Å². The third-order valence-electron chi connectivity index (χ3n) is 2.04. The van der Waals surface area contributed by atoms with Gasteiger partial charge in [-0.25, -0.2) is 4.98 Å². The highest BCUT2D eigenvalue weighted by atomic mass is 35.5. The van der Waals surface area contributed by atoms with Crippen LogP contribution in [0.5, 0.6) is 5.75 Å². The second-order valence-corrected chi connectivity index (χ2v) is 3.95. The molecule has 0 spiro atoms. The maximum Gasteiger partial charge on any atom is 0.188 e. The van der Waals surface area contributed by atoms with E-state index in [2.05, 4.69) is 4.98 Å². The summed E-state index contributed by atoms with van der Waals surface area (Å²) in [4.78, 5) is 4.15. The summed E-state index contributed by atoms with van der Waals surface area (Å²) in [6.07, 6.45) is 0. The second-order valence-electron chi connectivity index (χ2n) is 3.16. The fraction of sp³-hybridized carbons (Fsp3) is 0.182. The van der Waals surface area contributed by atoms with Crippen LogP contribution in [0.4, 0.5) is 0 Å². The molecule has 0 aliphatic heterocycles. The van der Waals surface area contributed by atoms with Crippen LogP contribution >= 0.6 is 23.2 Å². The first-order valence-electron chi connectivity index (χ1n) is 4.58. The van der Waals surface area contributed by atoms with Crippen LogP contribution < -0.4 is 4.74 Å². The van der Waals surface area contributed by atoms with Gasteiger partial charge in [-0.15, -0.1) is 0 Å². The van der Waals surface area contributed by atoms with Gasteiger partial charge in [0.2, 0.25) is 0 Å². The number of methoxy groups -OCH3 is 1. The van der Waals surface area contributed by atoms with Crippen molar-refractivity contribution < 1.29 is 9.47 Å². The van der Waals surface area contributed by atoms with Crippen molar-refractivity contribution in [3.63, 3.8) is 0 Å². The quantitative estimate of drug-likeness (QED) is 0.623. The highest BCUT2D eigenvalue weighted by Gasteiger charge is 2.05. The number of benzene rings is 1. The van der Waals surface area contributed by atoms with Gasteiger partial charge in [-0.3, -0.25) is 0 Å².